The molecule has 0 fully saturated rings. The number of hydrogen-bond donors (Lipinski definition) is 0. The van der Waals surface area contributed by atoms with Gasteiger partial charge in [0.05, 0.1) is 13.7 Å². The van der Waals surface area contributed by atoms with Crippen molar-refractivity contribution in [3.63, 3.8) is 0 Å². The van der Waals surface area contributed by atoms with E-state index in [1.807, 2.05) is 18.2 Å². The number of methoxy groups -OCH3 is 1. The minimum atomic E-state index is 0.715. The fraction of sp³-hybridized carbons (Fsp3) is 0.750. The van der Waals surface area contributed by atoms with E-state index >= 15 is 0 Å². The monoisotopic (exact) mass is 417 g/mol. The van der Waals surface area contributed by atoms with Crippen molar-refractivity contribution >= 4 is 0 Å². The highest BCUT2D eigenvalue weighted by Crippen LogP contribution is 2.25. The molecule has 2 heteroatoms. The molecule has 1 unspecified atom stereocenters. The van der Waals surface area contributed by atoms with Gasteiger partial charge < -0.3 is 9.47 Å². The second kappa shape index (κ2) is 15.6. The Bertz CT molecular complexity index is 552. The molecule has 0 heterocycles. The first-order chi connectivity index (χ1) is 14.3. The van der Waals surface area contributed by atoms with E-state index < -0.39 is 0 Å². The minimum absolute atomic E-state index is 0.715. The van der Waals surface area contributed by atoms with Gasteiger partial charge in [0.25, 0.3) is 0 Å². The molecule has 1 aromatic carbocycles. The Morgan fingerprint density at radius 3 is 1.73 bits per heavy atom. The van der Waals surface area contributed by atoms with Gasteiger partial charge in [-0.3, -0.25) is 0 Å². The van der Waals surface area contributed by atoms with Crippen LogP contribution in [0.2, 0.25) is 0 Å². The van der Waals surface area contributed by atoms with Gasteiger partial charge in [0, 0.05) is 6.07 Å². The topological polar surface area (TPSA) is 18.5 Å². The summed E-state index contributed by atoms with van der Waals surface area (Å²) in [6.45, 7) is 16.6. The third kappa shape index (κ3) is 12.5. The summed E-state index contributed by atoms with van der Waals surface area (Å²) in [6.07, 6.45) is 13.6. The number of ether oxygens (including phenoxy) is 2. The summed E-state index contributed by atoms with van der Waals surface area (Å²) in [5.41, 5.74) is 0.896. The Balaban J connectivity index is 2.07. The van der Waals surface area contributed by atoms with Gasteiger partial charge in [-0.05, 0) is 48.6 Å². The molecule has 0 spiro atoms. The van der Waals surface area contributed by atoms with Crippen molar-refractivity contribution in [2.24, 2.45) is 23.7 Å². The van der Waals surface area contributed by atoms with Crippen molar-refractivity contribution < 1.29 is 9.47 Å². The summed E-state index contributed by atoms with van der Waals surface area (Å²) in [5, 5.41) is 0. The van der Waals surface area contributed by atoms with Crippen LogP contribution in [0.15, 0.2) is 18.2 Å². The molecular formula is C28H49O2. The average Bonchev–Trinajstić information content (AvgIpc) is 2.69. The van der Waals surface area contributed by atoms with E-state index in [9.17, 15) is 0 Å². The molecule has 0 saturated heterocycles. The van der Waals surface area contributed by atoms with Gasteiger partial charge in [0.2, 0.25) is 0 Å². The van der Waals surface area contributed by atoms with Crippen LogP contribution in [0, 0.1) is 30.6 Å². The zero-order valence-corrected chi connectivity index (χ0v) is 20.8. The maximum absolute atomic E-state index is 5.91. The van der Waals surface area contributed by atoms with Crippen LogP contribution in [-0.4, -0.2) is 13.7 Å². The molecule has 0 N–H and O–H groups in total. The van der Waals surface area contributed by atoms with Crippen LogP contribution in [0.25, 0.3) is 0 Å². The molecule has 0 saturated carbocycles. The van der Waals surface area contributed by atoms with Gasteiger partial charge in [-0.1, -0.05) is 98.5 Å². The van der Waals surface area contributed by atoms with Crippen molar-refractivity contribution in [3.05, 3.63) is 30.7 Å². The molecule has 0 aliphatic rings. The van der Waals surface area contributed by atoms with Gasteiger partial charge in [-0.15, -0.1) is 0 Å². The van der Waals surface area contributed by atoms with Crippen LogP contribution in [0.3, 0.4) is 0 Å². The highest BCUT2D eigenvalue weighted by atomic mass is 16.5. The van der Waals surface area contributed by atoms with E-state index in [1.165, 1.54) is 57.8 Å². The molecule has 1 radical (unpaired) electrons. The Labute approximate surface area is 188 Å². The molecule has 0 aromatic heterocycles. The van der Waals surface area contributed by atoms with E-state index in [4.69, 9.17) is 9.47 Å². The summed E-state index contributed by atoms with van der Waals surface area (Å²) < 4.78 is 11.2. The largest absolute Gasteiger partial charge is 0.496 e. The number of benzene rings is 1. The van der Waals surface area contributed by atoms with E-state index in [-0.39, 0.29) is 0 Å². The fourth-order valence-corrected chi connectivity index (χ4v) is 4.13. The summed E-state index contributed by atoms with van der Waals surface area (Å²) >= 11 is 0. The first kappa shape index (κ1) is 26.9. The Morgan fingerprint density at radius 2 is 1.23 bits per heavy atom. The van der Waals surface area contributed by atoms with Crippen LogP contribution < -0.4 is 9.47 Å². The number of rotatable bonds is 17. The van der Waals surface area contributed by atoms with Crippen LogP contribution in [0.4, 0.5) is 0 Å². The van der Waals surface area contributed by atoms with E-state index in [1.54, 1.807) is 7.11 Å². The lowest BCUT2D eigenvalue weighted by Gasteiger charge is -2.16. The molecule has 1 aromatic rings. The van der Waals surface area contributed by atoms with Gasteiger partial charge in [0.1, 0.15) is 11.5 Å². The molecule has 1 rings (SSSR count). The predicted molar refractivity (Wildman–Crippen MR) is 131 cm³/mol. The molecule has 2 nitrogen and oxygen atoms in total. The average molecular weight is 418 g/mol. The molecule has 30 heavy (non-hydrogen) atoms. The molecule has 0 aliphatic heterocycles. The zero-order chi connectivity index (χ0) is 22.4. The summed E-state index contributed by atoms with van der Waals surface area (Å²) in [7, 11) is 1.67. The quantitative estimate of drug-likeness (QED) is 0.252. The molecule has 0 aliphatic carbocycles. The van der Waals surface area contributed by atoms with Crippen molar-refractivity contribution in [3.8, 4) is 11.5 Å². The second-order valence-electron chi connectivity index (χ2n) is 10.1. The molecule has 3 atom stereocenters. The Morgan fingerprint density at radius 1 is 0.733 bits per heavy atom. The number of hydrogen-bond acceptors (Lipinski definition) is 2. The Kier molecular flexibility index (Phi) is 14.0. The second-order valence-corrected chi connectivity index (χ2v) is 10.1. The summed E-state index contributed by atoms with van der Waals surface area (Å²) in [5.74, 6) is 5.01. The first-order valence-electron chi connectivity index (χ1n) is 12.4. The van der Waals surface area contributed by atoms with Crippen LogP contribution in [0.1, 0.15) is 104 Å². The fourth-order valence-electron chi connectivity index (χ4n) is 4.13. The zero-order valence-electron chi connectivity index (χ0n) is 20.8. The maximum atomic E-state index is 5.91. The highest BCUT2D eigenvalue weighted by molar-refractivity contribution is 5.42. The van der Waals surface area contributed by atoms with Crippen LogP contribution in [0.5, 0.6) is 11.5 Å². The highest BCUT2D eigenvalue weighted by Gasteiger charge is 2.09. The van der Waals surface area contributed by atoms with Crippen LogP contribution >= 0.6 is 0 Å². The normalized spacial score (nSPS) is 14.5. The Hall–Kier alpha value is -1.18. The smallest absolute Gasteiger partial charge is 0.125 e. The van der Waals surface area contributed by atoms with E-state index in [2.05, 4.69) is 41.5 Å². The third-order valence-electron chi connectivity index (χ3n) is 6.40. The maximum Gasteiger partial charge on any atom is 0.125 e. The lowest BCUT2D eigenvalue weighted by molar-refractivity contribution is 0.273. The molecule has 173 valence electrons. The van der Waals surface area contributed by atoms with Crippen molar-refractivity contribution in [2.75, 3.05) is 13.7 Å². The van der Waals surface area contributed by atoms with Gasteiger partial charge in [0.15, 0.2) is 0 Å². The first-order valence-corrected chi connectivity index (χ1v) is 12.4. The lowest BCUT2D eigenvalue weighted by Crippen LogP contribution is -2.05. The summed E-state index contributed by atoms with van der Waals surface area (Å²) in [6, 6.07) is 5.85. The SMILES string of the molecule is [CH2]c1ccc(OCCC(C)CCC[C@H](C)CCC[C@H](C)CCCC(C)C)cc1OC. The molecule has 0 bridgehead atoms. The minimum Gasteiger partial charge on any atom is -0.496 e. The van der Waals surface area contributed by atoms with Gasteiger partial charge in [-0.2, -0.15) is 0 Å². The predicted octanol–water partition coefficient (Wildman–Crippen LogP) is 8.72. The van der Waals surface area contributed by atoms with Crippen LogP contribution in [-0.2, 0) is 0 Å². The third-order valence-corrected chi connectivity index (χ3v) is 6.40. The van der Waals surface area contributed by atoms with E-state index in [0.717, 1.165) is 47.8 Å². The van der Waals surface area contributed by atoms with Gasteiger partial charge >= 0.3 is 0 Å². The molecular weight excluding hydrogens is 368 g/mol. The van der Waals surface area contributed by atoms with Crippen molar-refractivity contribution in [1.82, 2.24) is 0 Å². The van der Waals surface area contributed by atoms with Gasteiger partial charge in [-0.25, -0.2) is 0 Å². The summed E-state index contributed by atoms with van der Waals surface area (Å²) in [4.78, 5) is 0. The standard InChI is InChI=1S/C28H49O2/c1-22(2)11-8-12-23(3)13-9-14-24(4)15-10-16-25(5)19-20-30-27-18-17-26(6)28(21-27)29-7/h17-18,21-25H,6,8-16,19-20H2,1-5,7H3/t23-,24-,25?/m1/s1. The lowest BCUT2D eigenvalue weighted by atomic mass is 9.91. The van der Waals surface area contributed by atoms with Crippen molar-refractivity contribution in [2.45, 2.75) is 98.8 Å². The molecule has 0 amide bonds. The van der Waals surface area contributed by atoms with Crippen molar-refractivity contribution in [1.29, 1.82) is 0 Å². The van der Waals surface area contributed by atoms with E-state index in [0.29, 0.717) is 5.92 Å².